The Labute approximate surface area is 230 Å². The molecular formula is C26H37N7O7. The van der Waals surface area contributed by atoms with E-state index in [0.717, 1.165) is 16.5 Å². The third kappa shape index (κ3) is 9.08. The maximum absolute atomic E-state index is 13.2. The van der Waals surface area contributed by atoms with Gasteiger partial charge in [0.2, 0.25) is 29.5 Å². The maximum Gasteiger partial charge on any atom is 0.326 e. The standard InChI is InChI=1S/C26H37N7O7/c1-3-13(2)22(33-23(36)16(27)10-14-12-30-17-7-5-4-6-15(14)17)25(38)32-19(11-21(29)35)24(37)31-18(26(39)40)8-9-20(28)34/h4-7,12-13,16,18-19,22,30H,3,8-11,27H2,1-2H3,(H2,28,34)(H2,29,35)(H,31,37)(H,32,38)(H,33,36)(H,39,40). The number of hydrogen-bond acceptors (Lipinski definition) is 7. The summed E-state index contributed by atoms with van der Waals surface area (Å²) in [4.78, 5) is 76.4. The van der Waals surface area contributed by atoms with Gasteiger partial charge in [-0.05, 0) is 30.4 Å². The van der Waals surface area contributed by atoms with Crippen LogP contribution in [0.25, 0.3) is 10.9 Å². The van der Waals surface area contributed by atoms with Crippen molar-refractivity contribution in [1.29, 1.82) is 0 Å². The number of benzene rings is 1. The average molecular weight is 560 g/mol. The lowest BCUT2D eigenvalue weighted by Crippen LogP contribution is -2.59. The summed E-state index contributed by atoms with van der Waals surface area (Å²) in [5, 5.41) is 17.5. The van der Waals surface area contributed by atoms with Gasteiger partial charge in [-0.2, -0.15) is 0 Å². The molecule has 5 atom stereocenters. The number of fused-ring (bicyclic) bond motifs is 1. The molecule has 1 heterocycles. The monoisotopic (exact) mass is 559 g/mol. The Bertz CT molecular complexity index is 1240. The number of amides is 5. The number of carbonyl (C=O) groups is 6. The minimum absolute atomic E-state index is 0.194. The van der Waals surface area contributed by atoms with Crippen LogP contribution in [0.5, 0.6) is 0 Å². The van der Waals surface area contributed by atoms with E-state index in [9.17, 15) is 33.9 Å². The normalized spacial score (nSPS) is 14.8. The van der Waals surface area contributed by atoms with Crippen molar-refractivity contribution in [2.45, 2.75) is 70.1 Å². The van der Waals surface area contributed by atoms with Gasteiger partial charge in [-0.3, -0.25) is 24.0 Å². The van der Waals surface area contributed by atoms with Crippen molar-refractivity contribution in [1.82, 2.24) is 20.9 Å². The first-order valence-electron chi connectivity index (χ1n) is 12.8. The van der Waals surface area contributed by atoms with Crippen LogP contribution >= 0.6 is 0 Å². The van der Waals surface area contributed by atoms with Gasteiger partial charge in [0.25, 0.3) is 0 Å². The number of aromatic nitrogens is 1. The molecule has 218 valence electrons. The van der Waals surface area contributed by atoms with E-state index in [1.54, 1.807) is 20.0 Å². The highest BCUT2D eigenvalue weighted by molar-refractivity contribution is 5.96. The number of carboxylic acid groups (broad SMARTS) is 1. The molecule has 0 saturated heterocycles. The summed E-state index contributed by atoms with van der Waals surface area (Å²) < 4.78 is 0. The summed E-state index contributed by atoms with van der Waals surface area (Å²) >= 11 is 0. The molecule has 1 aromatic carbocycles. The van der Waals surface area contributed by atoms with Crippen LogP contribution in [-0.4, -0.2) is 69.8 Å². The second-order valence-corrected chi connectivity index (χ2v) is 9.68. The van der Waals surface area contributed by atoms with Gasteiger partial charge in [0.15, 0.2) is 0 Å². The summed E-state index contributed by atoms with van der Waals surface area (Å²) in [6.45, 7) is 3.51. The Hall–Kier alpha value is -4.46. The third-order valence-corrected chi connectivity index (χ3v) is 6.58. The molecule has 0 aliphatic rings. The van der Waals surface area contributed by atoms with Crippen LogP contribution in [-0.2, 0) is 35.2 Å². The number of nitrogens with two attached hydrogens (primary N) is 3. The molecule has 0 bridgehead atoms. The molecule has 1 aromatic heterocycles. The Balaban J connectivity index is 2.15. The van der Waals surface area contributed by atoms with Crippen molar-refractivity contribution >= 4 is 46.4 Å². The van der Waals surface area contributed by atoms with Gasteiger partial charge >= 0.3 is 5.97 Å². The summed E-state index contributed by atoms with van der Waals surface area (Å²) in [5.74, 6) is -5.93. The Morgan fingerprint density at radius 2 is 1.57 bits per heavy atom. The molecule has 0 aliphatic heterocycles. The van der Waals surface area contributed by atoms with Crippen LogP contribution in [0.15, 0.2) is 30.5 Å². The second-order valence-electron chi connectivity index (χ2n) is 9.68. The number of carboxylic acids is 1. The van der Waals surface area contributed by atoms with E-state index in [1.165, 1.54) is 0 Å². The van der Waals surface area contributed by atoms with E-state index < -0.39 is 72.0 Å². The zero-order valence-corrected chi connectivity index (χ0v) is 22.4. The molecule has 0 fully saturated rings. The molecule has 2 rings (SSSR count). The lowest BCUT2D eigenvalue weighted by molar-refractivity contribution is -0.142. The van der Waals surface area contributed by atoms with Crippen LogP contribution in [0, 0.1) is 5.92 Å². The van der Waals surface area contributed by atoms with Gasteiger partial charge in [0.1, 0.15) is 18.1 Å². The molecule has 11 N–H and O–H groups in total. The molecule has 14 nitrogen and oxygen atoms in total. The Morgan fingerprint density at radius 3 is 2.17 bits per heavy atom. The van der Waals surface area contributed by atoms with Crippen molar-refractivity contribution in [2.75, 3.05) is 0 Å². The number of aromatic amines is 1. The molecule has 14 heteroatoms. The van der Waals surface area contributed by atoms with Crippen molar-refractivity contribution in [3.8, 4) is 0 Å². The average Bonchev–Trinajstić information content (AvgIpc) is 3.30. The number of nitrogens with one attached hydrogen (secondary N) is 4. The highest BCUT2D eigenvalue weighted by atomic mass is 16.4. The second kappa shape index (κ2) is 14.6. The first-order chi connectivity index (χ1) is 18.8. The number of para-hydroxylation sites is 1. The van der Waals surface area contributed by atoms with Gasteiger partial charge in [0.05, 0.1) is 12.5 Å². The summed E-state index contributed by atoms with van der Waals surface area (Å²) in [6.07, 6.45) is 1.17. The predicted molar refractivity (Wildman–Crippen MR) is 145 cm³/mol. The Kier molecular flexibility index (Phi) is 11.6. The first kappa shape index (κ1) is 31.8. The number of H-pyrrole nitrogens is 1. The molecule has 5 amide bonds. The van der Waals surface area contributed by atoms with Crippen molar-refractivity contribution < 1.29 is 33.9 Å². The quantitative estimate of drug-likeness (QED) is 0.123. The van der Waals surface area contributed by atoms with E-state index in [2.05, 4.69) is 20.9 Å². The SMILES string of the molecule is CCC(C)C(NC(=O)C(N)Cc1c[nH]c2ccccc12)C(=O)NC(CC(N)=O)C(=O)NC(CCC(N)=O)C(=O)O. The Morgan fingerprint density at radius 1 is 0.925 bits per heavy atom. The number of primary amides is 2. The highest BCUT2D eigenvalue weighted by Gasteiger charge is 2.33. The predicted octanol–water partition coefficient (Wildman–Crippen LogP) is -1.24. The lowest BCUT2D eigenvalue weighted by atomic mass is 9.96. The van der Waals surface area contributed by atoms with Crippen LogP contribution in [0.4, 0.5) is 0 Å². The molecule has 0 radical (unpaired) electrons. The first-order valence-corrected chi connectivity index (χ1v) is 12.8. The van der Waals surface area contributed by atoms with E-state index in [4.69, 9.17) is 17.2 Å². The van der Waals surface area contributed by atoms with Crippen LogP contribution in [0.1, 0.15) is 45.1 Å². The van der Waals surface area contributed by atoms with E-state index in [1.807, 2.05) is 24.3 Å². The third-order valence-electron chi connectivity index (χ3n) is 6.58. The van der Waals surface area contributed by atoms with Crippen LogP contribution < -0.4 is 33.2 Å². The molecule has 5 unspecified atom stereocenters. The number of carbonyl (C=O) groups excluding carboxylic acids is 5. The highest BCUT2D eigenvalue weighted by Crippen LogP contribution is 2.19. The van der Waals surface area contributed by atoms with Crippen LogP contribution in [0.3, 0.4) is 0 Å². The number of rotatable bonds is 16. The molecular weight excluding hydrogens is 522 g/mol. The van der Waals surface area contributed by atoms with Gasteiger partial charge in [-0.25, -0.2) is 4.79 Å². The summed E-state index contributed by atoms with van der Waals surface area (Å²) in [6, 6.07) is 2.37. The van der Waals surface area contributed by atoms with E-state index >= 15 is 0 Å². The van der Waals surface area contributed by atoms with E-state index in [-0.39, 0.29) is 19.3 Å². The molecule has 0 saturated carbocycles. The zero-order chi connectivity index (χ0) is 30.0. The minimum Gasteiger partial charge on any atom is -0.480 e. The fourth-order valence-corrected chi connectivity index (χ4v) is 4.08. The minimum atomic E-state index is -1.54. The van der Waals surface area contributed by atoms with Gasteiger partial charge in [0, 0.05) is 23.5 Å². The molecule has 0 aliphatic carbocycles. The largest absolute Gasteiger partial charge is 0.480 e. The van der Waals surface area contributed by atoms with Crippen molar-refractivity contribution in [2.24, 2.45) is 23.1 Å². The summed E-state index contributed by atoms with van der Waals surface area (Å²) in [5.41, 5.74) is 18.2. The summed E-state index contributed by atoms with van der Waals surface area (Å²) in [7, 11) is 0. The number of aliphatic carboxylic acids is 1. The topological polar surface area (TPSA) is 253 Å². The molecule has 0 spiro atoms. The fourth-order valence-electron chi connectivity index (χ4n) is 4.08. The van der Waals surface area contributed by atoms with Gasteiger partial charge in [-0.1, -0.05) is 38.5 Å². The molecule has 2 aromatic rings. The van der Waals surface area contributed by atoms with Crippen molar-refractivity contribution in [3.05, 3.63) is 36.0 Å². The fraction of sp³-hybridized carbons (Fsp3) is 0.462. The van der Waals surface area contributed by atoms with Crippen LogP contribution in [0.2, 0.25) is 0 Å². The zero-order valence-electron chi connectivity index (χ0n) is 22.4. The van der Waals surface area contributed by atoms with Gasteiger partial charge in [-0.15, -0.1) is 0 Å². The lowest BCUT2D eigenvalue weighted by Gasteiger charge is -2.27. The van der Waals surface area contributed by atoms with E-state index in [0.29, 0.717) is 6.42 Å². The maximum atomic E-state index is 13.2. The van der Waals surface area contributed by atoms with Crippen molar-refractivity contribution in [3.63, 3.8) is 0 Å². The molecule has 40 heavy (non-hydrogen) atoms. The van der Waals surface area contributed by atoms with Gasteiger partial charge < -0.3 is 43.2 Å². The number of hydrogen-bond donors (Lipinski definition) is 8. The smallest absolute Gasteiger partial charge is 0.326 e.